The number of carbonyl (C=O) groups is 1. The SMILES string of the molecule is NC(=S)c1ccc(OCC(=O)NCCF)cc1. The summed E-state index contributed by atoms with van der Waals surface area (Å²) in [4.78, 5) is 11.4. The van der Waals surface area contributed by atoms with Gasteiger partial charge in [0.1, 0.15) is 17.4 Å². The van der Waals surface area contributed by atoms with E-state index in [0.29, 0.717) is 10.7 Å². The molecular weight excluding hydrogens is 243 g/mol. The van der Waals surface area contributed by atoms with Crippen molar-refractivity contribution in [2.24, 2.45) is 5.73 Å². The fourth-order valence-electron chi connectivity index (χ4n) is 1.10. The van der Waals surface area contributed by atoms with Crippen molar-refractivity contribution in [3.8, 4) is 5.75 Å². The van der Waals surface area contributed by atoms with Gasteiger partial charge < -0.3 is 15.8 Å². The van der Waals surface area contributed by atoms with Gasteiger partial charge in [0.15, 0.2) is 6.61 Å². The molecule has 1 rings (SSSR count). The van der Waals surface area contributed by atoms with Gasteiger partial charge in [0.05, 0.1) is 0 Å². The van der Waals surface area contributed by atoms with Gasteiger partial charge in [-0.2, -0.15) is 0 Å². The van der Waals surface area contributed by atoms with Crippen LogP contribution in [-0.2, 0) is 4.79 Å². The highest BCUT2D eigenvalue weighted by molar-refractivity contribution is 7.80. The molecule has 0 aliphatic heterocycles. The predicted octanol–water partition coefficient (Wildman–Crippen LogP) is 0.785. The minimum atomic E-state index is -0.589. The fraction of sp³-hybridized carbons (Fsp3) is 0.273. The zero-order chi connectivity index (χ0) is 12.7. The molecule has 0 unspecified atom stereocenters. The molecule has 0 fully saturated rings. The summed E-state index contributed by atoms with van der Waals surface area (Å²) in [5, 5.41) is 2.35. The van der Waals surface area contributed by atoms with E-state index in [1.165, 1.54) is 0 Å². The number of thiocarbonyl (C=S) groups is 1. The van der Waals surface area contributed by atoms with Gasteiger partial charge in [0, 0.05) is 12.1 Å². The molecule has 1 amide bonds. The summed E-state index contributed by atoms with van der Waals surface area (Å²) in [6, 6.07) is 6.74. The summed E-state index contributed by atoms with van der Waals surface area (Å²) in [7, 11) is 0. The number of hydrogen-bond acceptors (Lipinski definition) is 3. The Morgan fingerprint density at radius 2 is 2.06 bits per heavy atom. The standard InChI is InChI=1S/C11H13FN2O2S/c12-5-6-14-10(15)7-16-9-3-1-8(2-4-9)11(13)17/h1-4H,5-7H2,(H2,13,17)(H,14,15). The van der Waals surface area contributed by atoms with Crippen LogP contribution in [-0.4, -0.2) is 30.7 Å². The number of benzene rings is 1. The van der Waals surface area contributed by atoms with Crippen LogP contribution >= 0.6 is 12.2 Å². The van der Waals surface area contributed by atoms with E-state index in [2.05, 4.69) is 5.32 Å². The highest BCUT2D eigenvalue weighted by Crippen LogP contribution is 2.11. The molecule has 0 aliphatic carbocycles. The Balaban J connectivity index is 2.42. The molecule has 0 saturated carbocycles. The topological polar surface area (TPSA) is 64.3 Å². The Morgan fingerprint density at radius 1 is 1.41 bits per heavy atom. The number of ether oxygens (including phenoxy) is 1. The minimum Gasteiger partial charge on any atom is -0.484 e. The van der Waals surface area contributed by atoms with E-state index in [9.17, 15) is 9.18 Å². The van der Waals surface area contributed by atoms with Crippen molar-refractivity contribution in [1.82, 2.24) is 5.32 Å². The van der Waals surface area contributed by atoms with Crippen LogP contribution < -0.4 is 15.8 Å². The molecule has 0 radical (unpaired) electrons. The van der Waals surface area contributed by atoms with E-state index in [0.717, 1.165) is 5.56 Å². The third-order valence-electron chi connectivity index (χ3n) is 1.93. The van der Waals surface area contributed by atoms with Crippen LogP contribution in [0, 0.1) is 0 Å². The van der Waals surface area contributed by atoms with Crippen molar-refractivity contribution < 1.29 is 13.9 Å². The van der Waals surface area contributed by atoms with Crippen molar-refractivity contribution in [1.29, 1.82) is 0 Å². The average Bonchev–Trinajstić information content (AvgIpc) is 2.34. The molecule has 92 valence electrons. The number of amides is 1. The predicted molar refractivity (Wildman–Crippen MR) is 66.8 cm³/mol. The van der Waals surface area contributed by atoms with Gasteiger partial charge in [-0.15, -0.1) is 0 Å². The summed E-state index contributed by atoms with van der Waals surface area (Å²) in [6.07, 6.45) is 0. The summed E-state index contributed by atoms with van der Waals surface area (Å²) >= 11 is 4.80. The van der Waals surface area contributed by atoms with Crippen LogP contribution in [0.1, 0.15) is 5.56 Å². The first-order valence-corrected chi connectivity index (χ1v) is 5.39. The number of nitrogens with two attached hydrogens (primary N) is 1. The lowest BCUT2D eigenvalue weighted by Gasteiger charge is -2.06. The lowest BCUT2D eigenvalue weighted by atomic mass is 10.2. The monoisotopic (exact) mass is 256 g/mol. The summed E-state index contributed by atoms with van der Waals surface area (Å²) < 4.78 is 16.9. The van der Waals surface area contributed by atoms with Crippen molar-refractivity contribution in [3.05, 3.63) is 29.8 Å². The zero-order valence-electron chi connectivity index (χ0n) is 9.11. The van der Waals surface area contributed by atoms with E-state index in [1.807, 2.05) is 0 Å². The Morgan fingerprint density at radius 3 is 2.59 bits per heavy atom. The first-order valence-electron chi connectivity index (χ1n) is 4.99. The molecule has 0 heterocycles. The number of hydrogen-bond donors (Lipinski definition) is 2. The lowest BCUT2D eigenvalue weighted by molar-refractivity contribution is -0.123. The van der Waals surface area contributed by atoms with E-state index < -0.39 is 6.67 Å². The first kappa shape index (κ1) is 13.4. The van der Waals surface area contributed by atoms with Crippen molar-refractivity contribution >= 4 is 23.1 Å². The number of carbonyl (C=O) groups excluding carboxylic acids is 1. The summed E-state index contributed by atoms with van der Waals surface area (Å²) in [5.74, 6) is 0.168. The van der Waals surface area contributed by atoms with Gasteiger partial charge >= 0.3 is 0 Å². The molecule has 0 aromatic heterocycles. The number of alkyl halides is 1. The molecule has 1 aromatic rings. The smallest absolute Gasteiger partial charge is 0.258 e. The van der Waals surface area contributed by atoms with E-state index in [4.69, 9.17) is 22.7 Å². The molecule has 0 bridgehead atoms. The van der Waals surface area contributed by atoms with Crippen LogP contribution in [0.15, 0.2) is 24.3 Å². The second kappa shape index (κ2) is 6.80. The largest absolute Gasteiger partial charge is 0.484 e. The molecule has 0 atom stereocenters. The molecular formula is C11H13FN2O2S. The number of rotatable bonds is 6. The Hall–Kier alpha value is -1.69. The van der Waals surface area contributed by atoms with Crippen LogP contribution in [0.5, 0.6) is 5.75 Å². The number of halogens is 1. The molecule has 0 spiro atoms. The molecule has 3 N–H and O–H groups in total. The number of nitrogens with one attached hydrogen (secondary N) is 1. The Labute approximate surface area is 104 Å². The third-order valence-corrected chi connectivity index (χ3v) is 2.16. The van der Waals surface area contributed by atoms with Gasteiger partial charge in [0.25, 0.3) is 5.91 Å². The van der Waals surface area contributed by atoms with Gasteiger partial charge in [0.2, 0.25) is 0 Å². The van der Waals surface area contributed by atoms with Gasteiger partial charge in [-0.25, -0.2) is 4.39 Å². The third kappa shape index (κ3) is 4.78. The summed E-state index contributed by atoms with van der Waals surface area (Å²) in [5.41, 5.74) is 6.16. The molecule has 4 nitrogen and oxygen atoms in total. The van der Waals surface area contributed by atoms with E-state index >= 15 is 0 Å². The molecule has 6 heteroatoms. The van der Waals surface area contributed by atoms with Crippen LogP contribution in [0.3, 0.4) is 0 Å². The maximum absolute atomic E-state index is 11.8. The van der Waals surface area contributed by atoms with Crippen molar-refractivity contribution in [3.63, 3.8) is 0 Å². The van der Waals surface area contributed by atoms with Gasteiger partial charge in [-0.05, 0) is 24.3 Å². The Bertz CT molecular complexity index is 395. The molecule has 1 aromatic carbocycles. The van der Waals surface area contributed by atoms with Crippen molar-refractivity contribution in [2.45, 2.75) is 0 Å². The van der Waals surface area contributed by atoms with E-state index in [1.54, 1.807) is 24.3 Å². The van der Waals surface area contributed by atoms with Crippen LogP contribution in [0.4, 0.5) is 4.39 Å². The first-order chi connectivity index (χ1) is 8.13. The maximum Gasteiger partial charge on any atom is 0.258 e. The zero-order valence-corrected chi connectivity index (χ0v) is 9.93. The van der Waals surface area contributed by atoms with Gasteiger partial charge in [-0.3, -0.25) is 4.79 Å². The summed E-state index contributed by atoms with van der Waals surface area (Å²) in [6.45, 7) is -0.733. The lowest BCUT2D eigenvalue weighted by Crippen LogP contribution is -2.30. The van der Waals surface area contributed by atoms with Crippen molar-refractivity contribution in [2.75, 3.05) is 19.8 Å². The normalized spacial score (nSPS) is 9.71. The quantitative estimate of drug-likeness (QED) is 0.738. The van der Waals surface area contributed by atoms with Gasteiger partial charge in [-0.1, -0.05) is 12.2 Å². The average molecular weight is 256 g/mol. The minimum absolute atomic E-state index is 0.00255. The van der Waals surface area contributed by atoms with E-state index in [-0.39, 0.29) is 19.1 Å². The van der Waals surface area contributed by atoms with Crippen LogP contribution in [0.25, 0.3) is 0 Å². The second-order valence-corrected chi connectivity index (χ2v) is 3.66. The molecule has 0 aliphatic rings. The molecule has 17 heavy (non-hydrogen) atoms. The fourth-order valence-corrected chi connectivity index (χ4v) is 1.24. The second-order valence-electron chi connectivity index (χ2n) is 3.22. The highest BCUT2D eigenvalue weighted by atomic mass is 32.1. The highest BCUT2D eigenvalue weighted by Gasteiger charge is 2.02. The Kier molecular flexibility index (Phi) is 5.35. The van der Waals surface area contributed by atoms with Crippen LogP contribution in [0.2, 0.25) is 0 Å². The maximum atomic E-state index is 11.8. The molecule has 0 saturated heterocycles.